The Hall–Kier alpha value is -2.17. The highest BCUT2D eigenvalue weighted by Crippen LogP contribution is 2.31. The van der Waals surface area contributed by atoms with Crippen LogP contribution in [0.2, 0.25) is 0 Å². The normalized spacial score (nSPS) is 18.1. The first kappa shape index (κ1) is 9.39. The average Bonchev–Trinajstić information content (AvgIpc) is 2.51. The molecule has 5 heteroatoms. The summed E-state index contributed by atoms with van der Waals surface area (Å²) in [4.78, 5) is 32.5. The van der Waals surface area contributed by atoms with Crippen LogP contribution in [0.25, 0.3) is 0 Å². The van der Waals surface area contributed by atoms with Gasteiger partial charge in [-0.1, -0.05) is 6.07 Å². The predicted molar refractivity (Wildman–Crippen MR) is 50.8 cm³/mol. The molecular formula is C10H7NO4. The SMILES string of the molecule is O=CC1C(=O)Nc2cc(C(=O)O)ccc21. The van der Waals surface area contributed by atoms with Crippen LogP contribution in [0.15, 0.2) is 18.2 Å². The van der Waals surface area contributed by atoms with E-state index in [1.165, 1.54) is 18.2 Å². The Morgan fingerprint density at radius 1 is 1.47 bits per heavy atom. The van der Waals surface area contributed by atoms with Crippen molar-refractivity contribution >= 4 is 23.9 Å². The average molecular weight is 205 g/mol. The number of aromatic carboxylic acids is 1. The summed E-state index contributed by atoms with van der Waals surface area (Å²) in [6, 6.07) is 4.20. The van der Waals surface area contributed by atoms with Gasteiger partial charge in [0.05, 0.1) is 5.56 Å². The summed E-state index contributed by atoms with van der Waals surface area (Å²) in [6.07, 6.45) is 0.543. The number of benzene rings is 1. The molecule has 1 atom stereocenters. The number of rotatable bonds is 2. The van der Waals surface area contributed by atoms with Crippen LogP contribution in [0.4, 0.5) is 5.69 Å². The van der Waals surface area contributed by atoms with Gasteiger partial charge in [-0.05, 0) is 17.7 Å². The fourth-order valence-corrected chi connectivity index (χ4v) is 1.56. The molecule has 2 N–H and O–H groups in total. The van der Waals surface area contributed by atoms with Gasteiger partial charge in [0, 0.05) is 5.69 Å². The Bertz CT molecular complexity index is 466. The standard InChI is InChI=1S/C10H7NO4/c12-4-7-6-2-1-5(10(14)15)3-8(6)11-9(7)13/h1-4,7H,(H,11,13)(H,14,15). The molecule has 0 aromatic heterocycles. The van der Waals surface area contributed by atoms with Crippen molar-refractivity contribution in [3.8, 4) is 0 Å². The highest BCUT2D eigenvalue weighted by Gasteiger charge is 2.30. The van der Waals surface area contributed by atoms with Crippen LogP contribution in [0.3, 0.4) is 0 Å². The molecule has 0 saturated heterocycles. The van der Waals surface area contributed by atoms with Crippen molar-refractivity contribution in [2.75, 3.05) is 5.32 Å². The molecule has 1 aromatic carbocycles. The fraction of sp³-hybridized carbons (Fsp3) is 0.100. The highest BCUT2D eigenvalue weighted by molar-refractivity contribution is 6.12. The zero-order valence-corrected chi connectivity index (χ0v) is 7.56. The Morgan fingerprint density at radius 3 is 2.80 bits per heavy atom. The lowest BCUT2D eigenvalue weighted by atomic mass is 10.0. The van der Waals surface area contributed by atoms with Gasteiger partial charge in [-0.3, -0.25) is 4.79 Å². The predicted octanol–water partition coefficient (Wildman–Crippen LogP) is 0.619. The summed E-state index contributed by atoms with van der Waals surface area (Å²) >= 11 is 0. The molecule has 1 heterocycles. The number of amides is 1. The molecule has 1 amide bonds. The molecule has 15 heavy (non-hydrogen) atoms. The monoisotopic (exact) mass is 205 g/mol. The lowest BCUT2D eigenvalue weighted by Crippen LogP contribution is -2.12. The van der Waals surface area contributed by atoms with Crippen molar-refractivity contribution in [2.24, 2.45) is 0 Å². The second kappa shape index (κ2) is 3.20. The van der Waals surface area contributed by atoms with Gasteiger partial charge in [-0.15, -0.1) is 0 Å². The van der Waals surface area contributed by atoms with Crippen LogP contribution in [0, 0.1) is 0 Å². The van der Waals surface area contributed by atoms with E-state index in [9.17, 15) is 14.4 Å². The zero-order valence-electron chi connectivity index (χ0n) is 7.56. The quantitative estimate of drug-likeness (QED) is 0.547. The van der Waals surface area contributed by atoms with Crippen LogP contribution in [0.5, 0.6) is 0 Å². The summed E-state index contributed by atoms with van der Waals surface area (Å²) in [5, 5.41) is 11.2. The molecule has 0 radical (unpaired) electrons. The van der Waals surface area contributed by atoms with Crippen LogP contribution < -0.4 is 5.32 Å². The number of aldehydes is 1. The van der Waals surface area contributed by atoms with Crippen molar-refractivity contribution in [1.29, 1.82) is 0 Å². The first-order valence-electron chi connectivity index (χ1n) is 4.27. The molecule has 0 bridgehead atoms. The molecule has 1 aliphatic rings. The number of hydrogen-bond donors (Lipinski definition) is 2. The Labute approximate surface area is 84.7 Å². The van der Waals surface area contributed by atoms with Gasteiger partial charge in [-0.25, -0.2) is 4.79 Å². The van der Waals surface area contributed by atoms with Gasteiger partial charge >= 0.3 is 5.97 Å². The zero-order chi connectivity index (χ0) is 11.0. The van der Waals surface area contributed by atoms with Gasteiger partial charge in [0.1, 0.15) is 12.2 Å². The molecule has 1 unspecified atom stereocenters. The Balaban J connectivity index is 2.50. The first-order valence-corrected chi connectivity index (χ1v) is 4.27. The third kappa shape index (κ3) is 1.38. The second-order valence-corrected chi connectivity index (χ2v) is 3.21. The highest BCUT2D eigenvalue weighted by atomic mass is 16.4. The lowest BCUT2D eigenvalue weighted by Gasteiger charge is -2.00. The summed E-state index contributed by atoms with van der Waals surface area (Å²) in [5.41, 5.74) is 1.01. The van der Waals surface area contributed by atoms with Crippen molar-refractivity contribution in [3.63, 3.8) is 0 Å². The van der Waals surface area contributed by atoms with Gasteiger partial charge in [0.15, 0.2) is 0 Å². The van der Waals surface area contributed by atoms with Gasteiger partial charge in [0.25, 0.3) is 0 Å². The van der Waals surface area contributed by atoms with Crippen molar-refractivity contribution in [3.05, 3.63) is 29.3 Å². The van der Waals surface area contributed by atoms with E-state index in [0.717, 1.165) is 0 Å². The second-order valence-electron chi connectivity index (χ2n) is 3.21. The van der Waals surface area contributed by atoms with E-state index in [1.807, 2.05) is 0 Å². The molecule has 0 saturated carbocycles. The Kier molecular flexibility index (Phi) is 2.00. The number of nitrogens with one attached hydrogen (secondary N) is 1. The van der Waals surface area contributed by atoms with E-state index >= 15 is 0 Å². The summed E-state index contributed by atoms with van der Waals surface area (Å²) in [6.45, 7) is 0. The maximum atomic E-state index is 11.3. The molecule has 0 aliphatic carbocycles. The van der Waals surface area contributed by atoms with E-state index in [1.54, 1.807) is 0 Å². The number of carbonyl (C=O) groups is 3. The lowest BCUT2D eigenvalue weighted by molar-refractivity contribution is -0.121. The molecule has 1 aromatic rings. The fourth-order valence-electron chi connectivity index (χ4n) is 1.56. The summed E-state index contributed by atoms with van der Waals surface area (Å²) in [7, 11) is 0. The topological polar surface area (TPSA) is 83.5 Å². The van der Waals surface area contributed by atoms with E-state index in [-0.39, 0.29) is 5.56 Å². The maximum Gasteiger partial charge on any atom is 0.335 e. The first-order chi connectivity index (χ1) is 7.13. The van der Waals surface area contributed by atoms with E-state index in [0.29, 0.717) is 17.5 Å². The van der Waals surface area contributed by atoms with Crippen LogP contribution in [-0.4, -0.2) is 23.3 Å². The third-order valence-corrected chi connectivity index (χ3v) is 2.31. The largest absolute Gasteiger partial charge is 0.478 e. The maximum absolute atomic E-state index is 11.3. The molecule has 1 aliphatic heterocycles. The van der Waals surface area contributed by atoms with Crippen molar-refractivity contribution < 1.29 is 19.5 Å². The minimum absolute atomic E-state index is 0.0839. The number of fused-ring (bicyclic) bond motifs is 1. The third-order valence-electron chi connectivity index (χ3n) is 2.31. The molecular weight excluding hydrogens is 198 g/mol. The number of anilines is 1. The number of carboxylic acids is 1. The van der Waals surface area contributed by atoms with Crippen molar-refractivity contribution in [2.45, 2.75) is 5.92 Å². The molecule has 2 rings (SSSR count). The molecule has 76 valence electrons. The van der Waals surface area contributed by atoms with Gasteiger partial charge in [0.2, 0.25) is 5.91 Å². The van der Waals surface area contributed by atoms with Gasteiger partial charge in [-0.2, -0.15) is 0 Å². The van der Waals surface area contributed by atoms with E-state index in [2.05, 4.69) is 5.32 Å². The van der Waals surface area contributed by atoms with Crippen LogP contribution in [-0.2, 0) is 9.59 Å². The minimum atomic E-state index is -1.07. The molecule has 0 spiro atoms. The number of carboxylic acid groups (broad SMARTS) is 1. The van der Waals surface area contributed by atoms with Gasteiger partial charge < -0.3 is 15.2 Å². The Morgan fingerprint density at radius 2 is 2.20 bits per heavy atom. The van der Waals surface area contributed by atoms with Crippen LogP contribution >= 0.6 is 0 Å². The molecule has 0 fully saturated rings. The van der Waals surface area contributed by atoms with E-state index < -0.39 is 17.8 Å². The molecule has 5 nitrogen and oxygen atoms in total. The minimum Gasteiger partial charge on any atom is -0.478 e. The van der Waals surface area contributed by atoms with E-state index in [4.69, 9.17) is 5.11 Å². The van der Waals surface area contributed by atoms with Crippen molar-refractivity contribution in [1.82, 2.24) is 0 Å². The summed E-state index contributed by atoms with van der Waals surface area (Å²) in [5.74, 6) is -2.30. The smallest absolute Gasteiger partial charge is 0.335 e. The summed E-state index contributed by atoms with van der Waals surface area (Å²) < 4.78 is 0. The number of carbonyl (C=O) groups excluding carboxylic acids is 2. The number of hydrogen-bond acceptors (Lipinski definition) is 3. The van der Waals surface area contributed by atoms with Crippen LogP contribution in [0.1, 0.15) is 21.8 Å².